The lowest BCUT2D eigenvalue weighted by molar-refractivity contribution is -0.159. The van der Waals surface area contributed by atoms with E-state index in [-0.39, 0.29) is 5.91 Å². The molecule has 0 aliphatic carbocycles. The molecule has 0 atom stereocenters. The Hall–Kier alpha value is -0.990. The van der Waals surface area contributed by atoms with Gasteiger partial charge in [-0.3, -0.25) is 4.79 Å². The number of hydroxylamine groups is 2. The maximum Gasteiger partial charge on any atom is 0.255 e. The quantitative estimate of drug-likeness (QED) is 0.510. The average Bonchev–Trinajstić information content (AvgIpc) is 2.18. The molecule has 1 heterocycles. The molecular weight excluding hydrogens is 118 g/mol. The van der Waals surface area contributed by atoms with Crippen molar-refractivity contribution in [2.45, 2.75) is 12.8 Å². The van der Waals surface area contributed by atoms with Crippen molar-refractivity contribution in [3.63, 3.8) is 0 Å². The number of rotatable bonds is 2. The molecule has 0 aromatic carbocycles. The maximum atomic E-state index is 10.7. The van der Waals surface area contributed by atoms with E-state index in [0.29, 0.717) is 13.0 Å². The zero-order valence-electron chi connectivity index (χ0n) is 5.17. The molecular formula is C6H9NO2. The molecule has 0 aromatic heterocycles. The van der Waals surface area contributed by atoms with E-state index in [2.05, 4.69) is 6.58 Å². The van der Waals surface area contributed by atoms with Crippen molar-refractivity contribution < 1.29 is 9.63 Å². The molecule has 1 amide bonds. The van der Waals surface area contributed by atoms with Crippen LogP contribution in [0.4, 0.5) is 0 Å². The minimum absolute atomic E-state index is 0.0508. The van der Waals surface area contributed by atoms with Gasteiger partial charge in [0, 0.05) is 6.42 Å². The van der Waals surface area contributed by atoms with Crippen LogP contribution in [0, 0.1) is 0 Å². The molecule has 0 saturated carbocycles. The van der Waals surface area contributed by atoms with Crippen molar-refractivity contribution in [2.24, 2.45) is 0 Å². The maximum absolute atomic E-state index is 10.7. The zero-order chi connectivity index (χ0) is 6.69. The molecule has 0 bridgehead atoms. The second-order valence-corrected chi connectivity index (χ2v) is 1.87. The van der Waals surface area contributed by atoms with Gasteiger partial charge in [0.05, 0.1) is 6.54 Å². The van der Waals surface area contributed by atoms with Gasteiger partial charge in [-0.2, -0.15) is 5.06 Å². The van der Waals surface area contributed by atoms with Crippen molar-refractivity contribution >= 4 is 5.91 Å². The Balaban J connectivity index is 2.39. The van der Waals surface area contributed by atoms with Crippen LogP contribution in [-0.4, -0.2) is 17.5 Å². The van der Waals surface area contributed by atoms with Gasteiger partial charge in [-0.05, 0) is 6.42 Å². The van der Waals surface area contributed by atoms with Crippen LogP contribution in [0.25, 0.3) is 0 Å². The Bertz CT molecular complexity index is 133. The van der Waals surface area contributed by atoms with Gasteiger partial charge in [-0.15, -0.1) is 0 Å². The number of hydrogen-bond acceptors (Lipinski definition) is 2. The summed E-state index contributed by atoms with van der Waals surface area (Å²) < 4.78 is 0. The van der Waals surface area contributed by atoms with E-state index in [1.807, 2.05) is 0 Å². The second kappa shape index (κ2) is 2.53. The Morgan fingerprint density at radius 2 is 2.56 bits per heavy atom. The third-order valence-corrected chi connectivity index (χ3v) is 1.23. The van der Waals surface area contributed by atoms with Gasteiger partial charge in [-0.25, -0.2) is 0 Å². The van der Waals surface area contributed by atoms with Gasteiger partial charge in [0.25, 0.3) is 5.91 Å². The first kappa shape index (κ1) is 6.13. The second-order valence-electron chi connectivity index (χ2n) is 1.87. The summed E-state index contributed by atoms with van der Waals surface area (Å²) in [5, 5.41) is 1.33. The van der Waals surface area contributed by atoms with Crippen molar-refractivity contribution in [1.29, 1.82) is 0 Å². The predicted molar refractivity (Wildman–Crippen MR) is 32.2 cm³/mol. The molecule has 0 N–H and O–H groups in total. The molecule has 1 saturated heterocycles. The highest BCUT2D eigenvalue weighted by Crippen LogP contribution is 2.09. The Morgan fingerprint density at radius 1 is 1.78 bits per heavy atom. The molecule has 3 nitrogen and oxygen atoms in total. The third kappa shape index (κ3) is 1.22. The van der Waals surface area contributed by atoms with Crippen LogP contribution in [0.3, 0.4) is 0 Å². The summed E-state index contributed by atoms with van der Waals surface area (Å²) in [5.74, 6) is 0.0508. The average molecular weight is 127 g/mol. The summed E-state index contributed by atoms with van der Waals surface area (Å²) in [4.78, 5) is 15.5. The van der Waals surface area contributed by atoms with Crippen LogP contribution >= 0.6 is 0 Å². The largest absolute Gasteiger partial charge is 0.385 e. The molecule has 9 heavy (non-hydrogen) atoms. The molecule has 0 radical (unpaired) electrons. The Labute approximate surface area is 53.9 Å². The van der Waals surface area contributed by atoms with E-state index < -0.39 is 0 Å². The van der Waals surface area contributed by atoms with Crippen molar-refractivity contribution in [2.75, 3.05) is 6.54 Å². The fourth-order valence-corrected chi connectivity index (χ4v) is 0.825. The molecule has 0 unspecified atom stereocenters. The summed E-state index contributed by atoms with van der Waals surface area (Å²) in [5.41, 5.74) is 0. The molecule has 1 aliphatic heterocycles. The van der Waals surface area contributed by atoms with Gasteiger partial charge in [0.1, 0.15) is 6.26 Å². The molecule has 0 aromatic rings. The van der Waals surface area contributed by atoms with Gasteiger partial charge in [0.15, 0.2) is 0 Å². The van der Waals surface area contributed by atoms with E-state index in [1.165, 1.54) is 11.3 Å². The van der Waals surface area contributed by atoms with Crippen molar-refractivity contribution in [3.05, 3.63) is 12.8 Å². The fourth-order valence-electron chi connectivity index (χ4n) is 0.825. The highest BCUT2D eigenvalue weighted by molar-refractivity contribution is 5.76. The molecule has 50 valence electrons. The molecule has 1 fully saturated rings. The van der Waals surface area contributed by atoms with Crippen LogP contribution in [0.5, 0.6) is 0 Å². The minimum atomic E-state index is 0.0508. The van der Waals surface area contributed by atoms with Crippen LogP contribution in [0.2, 0.25) is 0 Å². The van der Waals surface area contributed by atoms with Gasteiger partial charge >= 0.3 is 0 Å². The Morgan fingerprint density at radius 3 is 3.00 bits per heavy atom. The van der Waals surface area contributed by atoms with Gasteiger partial charge in [-0.1, -0.05) is 6.58 Å². The summed E-state index contributed by atoms with van der Waals surface area (Å²) in [6.45, 7) is 4.04. The van der Waals surface area contributed by atoms with Crippen LogP contribution < -0.4 is 0 Å². The number of nitrogens with zero attached hydrogens (tertiary/aromatic N) is 1. The summed E-state index contributed by atoms with van der Waals surface area (Å²) in [6, 6.07) is 0. The molecule has 0 spiro atoms. The highest BCUT2D eigenvalue weighted by Gasteiger charge is 2.20. The lowest BCUT2D eigenvalue weighted by atomic mass is 10.4. The smallest absolute Gasteiger partial charge is 0.255 e. The molecule has 1 rings (SSSR count). The lowest BCUT2D eigenvalue weighted by Gasteiger charge is -2.11. The summed E-state index contributed by atoms with van der Waals surface area (Å²) in [6.07, 6.45) is 2.77. The third-order valence-electron chi connectivity index (χ3n) is 1.23. The lowest BCUT2D eigenvalue weighted by Crippen LogP contribution is -2.22. The standard InChI is InChI=1S/C6H9NO2/c1-2-9-7-5-3-4-6(7)8/h2H,1,3-5H2. The first-order valence-corrected chi connectivity index (χ1v) is 2.92. The first-order chi connectivity index (χ1) is 4.34. The number of hydrogen-bond donors (Lipinski definition) is 0. The number of carbonyl (C=O) groups is 1. The van der Waals surface area contributed by atoms with Crippen LogP contribution in [0.15, 0.2) is 12.8 Å². The van der Waals surface area contributed by atoms with E-state index in [1.54, 1.807) is 0 Å². The van der Waals surface area contributed by atoms with Crippen LogP contribution in [0.1, 0.15) is 12.8 Å². The SMILES string of the molecule is C=CON1CCCC1=O. The van der Waals surface area contributed by atoms with E-state index in [0.717, 1.165) is 6.42 Å². The van der Waals surface area contributed by atoms with E-state index in [4.69, 9.17) is 4.84 Å². The first-order valence-electron chi connectivity index (χ1n) is 2.92. The van der Waals surface area contributed by atoms with Crippen molar-refractivity contribution in [3.8, 4) is 0 Å². The van der Waals surface area contributed by atoms with Gasteiger partial charge < -0.3 is 4.84 Å². The normalized spacial score (nSPS) is 18.2. The predicted octanol–water partition coefficient (Wildman–Crippen LogP) is 0.684. The van der Waals surface area contributed by atoms with E-state index in [9.17, 15) is 4.79 Å². The topological polar surface area (TPSA) is 29.5 Å². The molecule has 3 heteroatoms. The zero-order valence-corrected chi connectivity index (χ0v) is 5.17. The summed E-state index contributed by atoms with van der Waals surface area (Å²) >= 11 is 0. The minimum Gasteiger partial charge on any atom is -0.385 e. The number of carbonyl (C=O) groups excluding carboxylic acids is 1. The van der Waals surface area contributed by atoms with E-state index >= 15 is 0 Å². The Kier molecular flexibility index (Phi) is 1.72. The van der Waals surface area contributed by atoms with Crippen molar-refractivity contribution in [1.82, 2.24) is 5.06 Å². The number of amides is 1. The van der Waals surface area contributed by atoms with Gasteiger partial charge in [0.2, 0.25) is 0 Å². The highest BCUT2D eigenvalue weighted by atomic mass is 16.7. The molecule has 1 aliphatic rings. The van der Waals surface area contributed by atoms with Crippen LogP contribution in [-0.2, 0) is 9.63 Å². The summed E-state index contributed by atoms with van der Waals surface area (Å²) in [7, 11) is 0. The fraction of sp³-hybridized carbons (Fsp3) is 0.500. The monoisotopic (exact) mass is 127 g/mol.